The number of rotatable bonds is 0. The molecule has 0 fully saturated rings. The van der Waals surface area contributed by atoms with Gasteiger partial charge in [-0.1, -0.05) is 0 Å². The molecule has 3 nitrogen and oxygen atoms in total. The van der Waals surface area contributed by atoms with E-state index in [4.69, 9.17) is 0 Å². The molecule has 0 aromatic rings. The van der Waals surface area contributed by atoms with Crippen LogP contribution in [0.5, 0.6) is 0 Å². The van der Waals surface area contributed by atoms with Crippen LogP contribution in [0.2, 0.25) is 0 Å². The van der Waals surface area contributed by atoms with Crippen LogP contribution in [0.25, 0.3) is 0 Å². The zero-order chi connectivity index (χ0) is 2.00. The summed E-state index contributed by atoms with van der Waals surface area (Å²) in [6.07, 6.45) is 0. The molecule has 0 atom stereocenters. The van der Waals surface area contributed by atoms with E-state index in [1.54, 1.807) is 0 Å². The van der Waals surface area contributed by atoms with Gasteiger partial charge >= 0.3 is 49.5 Å². The van der Waals surface area contributed by atoms with E-state index in [1.807, 2.05) is 0 Å². The summed E-state index contributed by atoms with van der Waals surface area (Å²) < 4.78 is 0. The summed E-state index contributed by atoms with van der Waals surface area (Å²) in [5.41, 5.74) is 0. The van der Waals surface area contributed by atoms with Gasteiger partial charge in [0.25, 0.3) is 0 Å². The van der Waals surface area contributed by atoms with Crippen LogP contribution < -0.4 is 0 Å². The van der Waals surface area contributed by atoms with Crippen molar-refractivity contribution in [1.29, 1.82) is 0 Å². The topological polar surface area (TPSA) is 85.5 Å². The molecule has 0 saturated carbocycles. The first kappa shape index (κ1) is 50.7. The van der Waals surface area contributed by atoms with Crippen LogP contribution in [0.3, 0.4) is 0 Å². The van der Waals surface area contributed by atoms with Crippen LogP contribution in [-0.4, -0.2) is 0 Å². The normalized spacial score (nSPS) is 0.500. The van der Waals surface area contributed by atoms with Crippen molar-refractivity contribution in [1.82, 2.24) is 0 Å². The van der Waals surface area contributed by atoms with Crippen molar-refractivity contribution in [2.45, 2.75) is 0 Å². The van der Waals surface area contributed by atoms with Gasteiger partial charge in [-0.2, -0.15) is 0 Å². The summed E-state index contributed by atoms with van der Waals surface area (Å²) in [6, 6.07) is 0. The molecule has 0 aliphatic carbocycles. The molecule has 0 unspecified atom stereocenters. The second-order valence-corrected chi connectivity index (χ2v) is 0. The van der Waals surface area contributed by atoms with Gasteiger partial charge in [-0.25, -0.2) is 0 Å². The van der Waals surface area contributed by atoms with E-state index in [9.17, 15) is 0 Å². The number of hydrogen-bond donors (Lipinski definition) is 0. The van der Waals surface area contributed by atoms with Crippen molar-refractivity contribution >= 4 is 9.82 Å². The van der Waals surface area contributed by atoms with E-state index in [0.29, 0.717) is 0 Å². The Balaban J connectivity index is -0.000000000833. The van der Waals surface area contributed by atoms with Crippen molar-refractivity contribution in [3.8, 4) is 0 Å². The second kappa shape index (κ2) is 87.2. The molecule has 0 bridgehead atoms. The standard InChI is InChI=1S/Mo.3O.S.Ti/q+2;3*-2;;+4. The van der Waals surface area contributed by atoms with E-state index in [2.05, 4.69) is 9.82 Å². The molecule has 0 N–H and O–H groups in total. The molecule has 0 spiro atoms. The molecule has 0 radical (unpaired) electrons. The molecule has 0 saturated heterocycles. The zero-order valence-electron chi connectivity index (χ0n) is 2.54. The fraction of sp³-hybridized carbons (Fsp3) is 0. The number of hydrogen-bond acceptors (Lipinski definition) is 1. The molecule has 6 heavy (non-hydrogen) atoms. The average Bonchev–Trinajstić information content (AvgIpc) is 1.00. The Morgan fingerprint density at radius 2 is 0.833 bits per heavy atom. The summed E-state index contributed by atoms with van der Waals surface area (Å²) in [7, 11) is 4.09. The van der Waals surface area contributed by atoms with Gasteiger partial charge in [-0.05, 0) is 0 Å². The minimum absolute atomic E-state index is 0. The van der Waals surface area contributed by atoms with Gasteiger partial charge in [0.15, 0.2) is 0 Å². The molecule has 0 amide bonds. The summed E-state index contributed by atoms with van der Waals surface area (Å²) in [5, 5.41) is 0. The fourth-order valence-corrected chi connectivity index (χ4v) is 0. The van der Waals surface area contributed by atoms with E-state index >= 15 is 0 Å². The predicted molar refractivity (Wildman–Crippen MR) is 9.65 cm³/mol. The quantitative estimate of drug-likeness (QED) is 0.543. The van der Waals surface area contributed by atoms with Gasteiger partial charge in [0, 0.05) is 0 Å². The summed E-state index contributed by atoms with van der Waals surface area (Å²) >= 11 is 1.53. The minimum Gasteiger partial charge on any atom is 4.00 e. The summed E-state index contributed by atoms with van der Waals surface area (Å²) in [4.78, 5) is 0. The van der Waals surface area contributed by atoms with E-state index in [1.165, 1.54) is 18.0 Å². The molecule has 0 heterocycles. The van der Waals surface area contributed by atoms with Crippen molar-refractivity contribution in [2.24, 2.45) is 0 Å². The van der Waals surface area contributed by atoms with Gasteiger partial charge in [0.2, 0.25) is 0 Å². The van der Waals surface area contributed by atoms with Crippen LogP contribution in [0.1, 0.15) is 0 Å². The van der Waals surface area contributed by atoms with E-state index < -0.39 is 0 Å². The van der Waals surface area contributed by atoms with Crippen molar-refractivity contribution in [3.63, 3.8) is 0 Å². The van der Waals surface area contributed by atoms with Crippen molar-refractivity contribution < 1.29 is 56.1 Å². The van der Waals surface area contributed by atoms with Gasteiger partial charge in [-0.3, -0.25) is 0 Å². The van der Waals surface area contributed by atoms with Gasteiger partial charge in [0.05, 0.1) is 0 Å². The van der Waals surface area contributed by atoms with Crippen molar-refractivity contribution in [3.05, 3.63) is 0 Å². The first-order valence-electron chi connectivity index (χ1n) is 0.167. The van der Waals surface area contributed by atoms with Crippen LogP contribution in [0.15, 0.2) is 0 Å². The minimum atomic E-state index is 0. The van der Waals surface area contributed by atoms with Crippen LogP contribution >= 0.6 is 9.82 Å². The molecular weight excluding hydrogens is 224 g/mol. The predicted octanol–water partition coefficient (Wildman–Crippen LogP) is 0.287. The van der Waals surface area contributed by atoms with Crippen LogP contribution in [0, 0.1) is 0 Å². The Morgan fingerprint density at radius 1 is 0.833 bits per heavy atom. The monoisotopic (exact) mass is 226 g/mol. The maximum atomic E-state index is 4.09. The molecule has 0 rings (SSSR count). The SMILES string of the molecule is [O-2].[O-2].[O-2].[S]=[Mo+2].[Ti+4]. The molecule has 0 aliphatic heterocycles. The first-order valence-corrected chi connectivity index (χ1v) is 2.96. The Kier molecular flexibility index (Phi) is 736. The molecule has 0 aromatic heterocycles. The molecular formula is MoO3STi. The van der Waals surface area contributed by atoms with Gasteiger partial charge in [-0.15, -0.1) is 0 Å². The zero-order valence-corrected chi connectivity index (χ0v) is 6.93. The Bertz CT molecular complexity index is 10.8. The third-order valence-corrected chi connectivity index (χ3v) is 0. The third-order valence-electron chi connectivity index (χ3n) is 0. The molecule has 0 aliphatic rings. The third kappa shape index (κ3) is 49.4. The smallest absolute Gasteiger partial charge is 4.00 e. The Morgan fingerprint density at radius 3 is 0.833 bits per heavy atom. The summed E-state index contributed by atoms with van der Waals surface area (Å²) in [5.74, 6) is 0. The first-order chi connectivity index (χ1) is 1.00. The van der Waals surface area contributed by atoms with E-state index in [0.717, 1.165) is 0 Å². The maximum absolute atomic E-state index is 4.09. The largest absolute Gasteiger partial charge is 4.00 e. The van der Waals surface area contributed by atoms with Crippen LogP contribution in [0.4, 0.5) is 0 Å². The Hall–Kier alpha value is 1.50. The average molecular weight is 224 g/mol. The Labute approximate surface area is 65.7 Å². The van der Waals surface area contributed by atoms with Gasteiger partial charge < -0.3 is 16.4 Å². The van der Waals surface area contributed by atoms with Crippen molar-refractivity contribution in [2.75, 3.05) is 0 Å². The molecule has 34 valence electrons. The molecule has 0 aromatic carbocycles. The molecule has 6 heteroatoms. The van der Waals surface area contributed by atoms with Gasteiger partial charge in [0.1, 0.15) is 0 Å². The maximum Gasteiger partial charge on any atom is 4.00 e. The van der Waals surface area contributed by atoms with E-state index in [-0.39, 0.29) is 38.1 Å². The summed E-state index contributed by atoms with van der Waals surface area (Å²) in [6.45, 7) is 0. The second-order valence-electron chi connectivity index (χ2n) is 0. The van der Waals surface area contributed by atoms with Crippen LogP contribution in [-0.2, 0) is 56.1 Å². The fourth-order valence-electron chi connectivity index (χ4n) is 0.